The molecule has 0 spiro atoms. The summed E-state index contributed by atoms with van der Waals surface area (Å²) >= 11 is 6.24. The van der Waals surface area contributed by atoms with Crippen molar-refractivity contribution in [1.29, 1.82) is 0 Å². The zero-order chi connectivity index (χ0) is 24.3. The molecule has 2 nitrogen and oxygen atoms in total. The van der Waals surface area contributed by atoms with Crippen LogP contribution in [0, 0.1) is 11.8 Å². The first-order valence-corrected chi connectivity index (χ1v) is 14.0. The van der Waals surface area contributed by atoms with Crippen LogP contribution in [-0.2, 0) is 5.88 Å². The number of alkyl halides is 1. The molecule has 0 radical (unpaired) electrons. The van der Waals surface area contributed by atoms with Gasteiger partial charge in [0.25, 0.3) is 0 Å². The van der Waals surface area contributed by atoms with E-state index in [1.54, 1.807) is 0 Å². The molecule has 0 heterocycles. The molecule has 3 rings (SSSR count). The summed E-state index contributed by atoms with van der Waals surface area (Å²) in [5, 5.41) is 4.49. The Morgan fingerprint density at radius 2 is 1.18 bits per heavy atom. The third kappa shape index (κ3) is 6.60. The summed E-state index contributed by atoms with van der Waals surface area (Å²) in [5.41, 5.74) is 1.10. The zero-order valence-electron chi connectivity index (χ0n) is 21.7. The van der Waals surface area contributed by atoms with Gasteiger partial charge in [-0.3, -0.25) is 0 Å². The van der Waals surface area contributed by atoms with Crippen molar-refractivity contribution in [1.82, 2.24) is 0 Å². The second-order valence-corrected chi connectivity index (χ2v) is 9.94. The largest absolute Gasteiger partial charge is 0.492 e. The van der Waals surface area contributed by atoms with Crippen molar-refractivity contribution < 1.29 is 9.47 Å². The van der Waals surface area contributed by atoms with Gasteiger partial charge in [0.05, 0.1) is 13.2 Å². The summed E-state index contributed by atoms with van der Waals surface area (Å²) in [6.07, 6.45) is 9.68. The minimum absolute atomic E-state index is 0.488. The minimum atomic E-state index is 0.488. The second-order valence-electron chi connectivity index (χ2n) is 9.67. The molecular formula is C31H43ClO2. The zero-order valence-corrected chi connectivity index (χ0v) is 22.4. The highest BCUT2D eigenvalue weighted by Crippen LogP contribution is 2.43. The van der Waals surface area contributed by atoms with Gasteiger partial charge in [-0.15, -0.1) is 11.6 Å². The molecule has 2 atom stereocenters. The second kappa shape index (κ2) is 13.8. The van der Waals surface area contributed by atoms with Gasteiger partial charge < -0.3 is 9.47 Å². The number of halogens is 1. The predicted octanol–water partition coefficient (Wildman–Crippen LogP) is 9.92. The molecular weight excluding hydrogens is 440 g/mol. The lowest BCUT2D eigenvalue weighted by Gasteiger charge is -2.22. The quantitative estimate of drug-likeness (QED) is 0.158. The highest BCUT2D eigenvalue weighted by Gasteiger charge is 2.19. The third-order valence-corrected chi connectivity index (χ3v) is 7.47. The summed E-state index contributed by atoms with van der Waals surface area (Å²) < 4.78 is 13.3. The fraction of sp³-hybridized carbons (Fsp3) is 0.548. The van der Waals surface area contributed by atoms with E-state index >= 15 is 0 Å². The maximum Gasteiger partial charge on any atom is 0.135 e. The van der Waals surface area contributed by atoms with Crippen LogP contribution in [0.1, 0.15) is 84.6 Å². The highest BCUT2D eigenvalue weighted by molar-refractivity contribution is 6.17. The number of rotatable bonds is 15. The Morgan fingerprint density at radius 1 is 0.676 bits per heavy atom. The number of hydrogen-bond donors (Lipinski definition) is 0. The van der Waals surface area contributed by atoms with Crippen LogP contribution >= 0.6 is 11.6 Å². The number of hydrogen-bond acceptors (Lipinski definition) is 2. The van der Waals surface area contributed by atoms with E-state index in [-0.39, 0.29) is 0 Å². The molecule has 0 aliphatic heterocycles. The number of benzene rings is 3. The van der Waals surface area contributed by atoms with E-state index in [9.17, 15) is 0 Å². The molecule has 0 fully saturated rings. The summed E-state index contributed by atoms with van der Waals surface area (Å²) in [5.74, 6) is 3.59. The van der Waals surface area contributed by atoms with Crippen molar-refractivity contribution in [3.8, 4) is 11.5 Å². The van der Waals surface area contributed by atoms with E-state index < -0.39 is 0 Å². The molecule has 2 unspecified atom stereocenters. The van der Waals surface area contributed by atoms with Crippen LogP contribution in [0.4, 0.5) is 0 Å². The molecule has 0 bridgehead atoms. The molecule has 0 aromatic heterocycles. The Kier molecular flexibility index (Phi) is 10.8. The van der Waals surface area contributed by atoms with Crippen LogP contribution in [0.3, 0.4) is 0 Å². The van der Waals surface area contributed by atoms with E-state index in [1.807, 2.05) is 0 Å². The number of fused-ring (bicyclic) bond motifs is 2. The first-order valence-electron chi connectivity index (χ1n) is 13.4. The summed E-state index contributed by atoms with van der Waals surface area (Å²) in [6.45, 7) is 10.6. The van der Waals surface area contributed by atoms with Crippen molar-refractivity contribution in [2.75, 3.05) is 13.2 Å². The van der Waals surface area contributed by atoms with Crippen LogP contribution in [0.15, 0.2) is 42.5 Å². The van der Waals surface area contributed by atoms with Crippen molar-refractivity contribution in [3.63, 3.8) is 0 Å². The van der Waals surface area contributed by atoms with Crippen LogP contribution in [0.5, 0.6) is 11.5 Å². The summed E-state index contributed by atoms with van der Waals surface area (Å²) in [4.78, 5) is 0. The van der Waals surface area contributed by atoms with E-state index in [0.29, 0.717) is 17.7 Å². The number of unbranched alkanes of at least 4 members (excludes halogenated alkanes) is 2. The summed E-state index contributed by atoms with van der Waals surface area (Å²) in [7, 11) is 0. The highest BCUT2D eigenvalue weighted by atomic mass is 35.5. The first-order chi connectivity index (χ1) is 16.7. The van der Waals surface area contributed by atoms with Gasteiger partial charge >= 0.3 is 0 Å². The van der Waals surface area contributed by atoms with Gasteiger partial charge in [0.15, 0.2) is 0 Å². The lowest BCUT2D eigenvalue weighted by molar-refractivity contribution is 0.234. The normalized spacial score (nSPS) is 13.3. The van der Waals surface area contributed by atoms with Crippen LogP contribution in [0.2, 0.25) is 0 Å². The van der Waals surface area contributed by atoms with Crippen LogP contribution in [0.25, 0.3) is 21.5 Å². The van der Waals surface area contributed by atoms with Crippen molar-refractivity contribution in [2.45, 2.75) is 84.9 Å². The Hall–Kier alpha value is -1.93. The van der Waals surface area contributed by atoms with Gasteiger partial charge in [-0.25, -0.2) is 0 Å². The lowest BCUT2D eigenvalue weighted by Crippen LogP contribution is -2.13. The fourth-order valence-corrected chi connectivity index (χ4v) is 4.91. The molecule has 3 heteroatoms. The monoisotopic (exact) mass is 482 g/mol. The van der Waals surface area contributed by atoms with Gasteiger partial charge in [-0.1, -0.05) is 103 Å². The average molecular weight is 483 g/mol. The molecule has 0 saturated heterocycles. The maximum absolute atomic E-state index is 6.64. The lowest BCUT2D eigenvalue weighted by atomic mass is 9.97. The van der Waals surface area contributed by atoms with E-state index in [4.69, 9.17) is 21.1 Å². The molecule has 0 saturated carbocycles. The van der Waals surface area contributed by atoms with Crippen molar-refractivity contribution in [3.05, 3.63) is 48.0 Å². The Labute approximate surface area is 212 Å². The van der Waals surface area contributed by atoms with Crippen LogP contribution in [-0.4, -0.2) is 13.2 Å². The average Bonchev–Trinajstić information content (AvgIpc) is 2.88. The van der Waals surface area contributed by atoms with E-state index in [1.165, 1.54) is 38.5 Å². The third-order valence-electron chi connectivity index (χ3n) is 7.16. The first kappa shape index (κ1) is 26.7. The maximum atomic E-state index is 6.64. The molecule has 0 aliphatic carbocycles. The van der Waals surface area contributed by atoms with Crippen molar-refractivity contribution >= 4 is 33.1 Å². The SMILES string of the molecule is CCCCC(CC)COc1c2ccccc2c(OCC(CC)CCCC)c2cc(CCl)ccc12. The molecule has 0 amide bonds. The molecule has 186 valence electrons. The minimum Gasteiger partial charge on any atom is -0.492 e. The van der Waals surface area contributed by atoms with Crippen LogP contribution < -0.4 is 9.47 Å². The molecule has 3 aromatic rings. The Bertz CT molecular complexity index is 1030. The van der Waals surface area contributed by atoms with Gasteiger partial charge in [0.2, 0.25) is 0 Å². The smallest absolute Gasteiger partial charge is 0.135 e. The Balaban J connectivity index is 2.05. The van der Waals surface area contributed by atoms with Gasteiger partial charge in [-0.05, 0) is 36.3 Å². The van der Waals surface area contributed by atoms with Crippen molar-refractivity contribution in [2.24, 2.45) is 11.8 Å². The summed E-state index contributed by atoms with van der Waals surface area (Å²) in [6, 6.07) is 15.0. The van der Waals surface area contributed by atoms with Gasteiger partial charge in [0.1, 0.15) is 11.5 Å². The standard InChI is InChI=1S/C31H43ClO2/c1-5-9-13-23(7-3)21-33-30-26-15-11-12-16-27(26)31(34-22-24(8-4)14-10-6-2)29-19-25(20-32)17-18-28(29)30/h11-12,15-19,23-24H,5-10,13-14,20-22H2,1-4H3. The van der Waals surface area contributed by atoms with E-state index in [2.05, 4.69) is 70.2 Å². The fourth-order valence-electron chi connectivity index (χ4n) is 4.74. The predicted molar refractivity (Wildman–Crippen MR) is 149 cm³/mol. The molecule has 0 N–H and O–H groups in total. The molecule has 3 aromatic carbocycles. The van der Waals surface area contributed by atoms with E-state index in [0.717, 1.165) is 64.7 Å². The number of ether oxygens (including phenoxy) is 2. The van der Waals surface area contributed by atoms with Gasteiger partial charge in [-0.2, -0.15) is 0 Å². The van der Waals surface area contributed by atoms with Gasteiger partial charge in [0, 0.05) is 27.4 Å². The Morgan fingerprint density at radius 3 is 1.65 bits per heavy atom. The molecule has 0 aliphatic rings. The topological polar surface area (TPSA) is 18.5 Å². The molecule has 34 heavy (non-hydrogen) atoms.